The molecule has 0 amide bonds. The Balaban J connectivity index is 0.00000133. The van der Waals surface area contributed by atoms with Gasteiger partial charge in [-0.25, -0.2) is 9.97 Å². The van der Waals surface area contributed by atoms with Crippen LogP contribution in [0.1, 0.15) is 0 Å². The molecule has 0 aliphatic carbocycles. The summed E-state index contributed by atoms with van der Waals surface area (Å²) in [4.78, 5) is 11.0. The SMILES string of the molecule is [CH2-]Cn1cnc2c(N3CCOCC3)cc(Cl)nc21.[Co]. The monoisotopic (exact) mass is 324 g/mol. The van der Waals surface area contributed by atoms with Gasteiger partial charge >= 0.3 is 0 Å². The van der Waals surface area contributed by atoms with Crippen molar-refractivity contribution in [3.05, 3.63) is 24.5 Å². The predicted octanol–water partition coefficient (Wildman–Crippen LogP) is 1.75. The van der Waals surface area contributed by atoms with Gasteiger partial charge < -0.3 is 21.1 Å². The molecule has 7 heteroatoms. The molecule has 0 unspecified atom stereocenters. The van der Waals surface area contributed by atoms with E-state index in [0.29, 0.717) is 11.7 Å². The van der Waals surface area contributed by atoms with Gasteiger partial charge in [-0.05, 0) is 0 Å². The number of fused-ring (bicyclic) bond motifs is 1. The second-order valence-electron chi connectivity index (χ2n) is 4.17. The van der Waals surface area contributed by atoms with Crippen molar-refractivity contribution in [1.82, 2.24) is 14.5 Å². The van der Waals surface area contributed by atoms with E-state index >= 15 is 0 Å². The quantitative estimate of drug-likeness (QED) is 0.623. The van der Waals surface area contributed by atoms with Gasteiger partial charge in [0.05, 0.1) is 25.2 Å². The van der Waals surface area contributed by atoms with Crippen molar-refractivity contribution in [1.29, 1.82) is 0 Å². The zero-order chi connectivity index (χ0) is 12.5. The van der Waals surface area contributed by atoms with Gasteiger partial charge in [0.2, 0.25) is 0 Å². The minimum atomic E-state index is 0. The number of halogens is 1. The van der Waals surface area contributed by atoms with Crippen LogP contribution in [0.5, 0.6) is 0 Å². The van der Waals surface area contributed by atoms with Crippen LogP contribution in [0.25, 0.3) is 11.2 Å². The van der Waals surface area contributed by atoms with Gasteiger partial charge in [0.1, 0.15) is 10.7 Å². The summed E-state index contributed by atoms with van der Waals surface area (Å²) < 4.78 is 7.26. The normalized spacial score (nSPS) is 15.6. The Bertz CT molecular complexity index is 568. The van der Waals surface area contributed by atoms with Crippen molar-refractivity contribution < 1.29 is 21.5 Å². The van der Waals surface area contributed by atoms with Crippen molar-refractivity contribution in [2.24, 2.45) is 0 Å². The van der Waals surface area contributed by atoms with Crippen LogP contribution in [-0.4, -0.2) is 40.8 Å². The van der Waals surface area contributed by atoms with E-state index in [2.05, 4.69) is 21.8 Å². The Morgan fingerprint density at radius 3 is 2.79 bits per heavy atom. The molecule has 2 aromatic heterocycles. The van der Waals surface area contributed by atoms with Crippen LogP contribution in [0.15, 0.2) is 12.4 Å². The molecular formula is C12H14ClCoN4O-. The van der Waals surface area contributed by atoms with E-state index in [9.17, 15) is 0 Å². The molecule has 0 spiro atoms. The fourth-order valence-corrected chi connectivity index (χ4v) is 2.38. The molecule has 3 rings (SSSR count). The van der Waals surface area contributed by atoms with Crippen LogP contribution in [0.3, 0.4) is 0 Å². The third-order valence-electron chi connectivity index (χ3n) is 3.11. The fourth-order valence-electron chi connectivity index (χ4n) is 2.20. The number of aromatic nitrogens is 3. The van der Waals surface area contributed by atoms with Crippen LogP contribution in [-0.2, 0) is 28.1 Å². The standard InChI is InChI=1S/C12H14ClN4O.Co/c1-2-16-8-14-11-9(7-10(13)15-12(11)16)17-3-5-18-6-4-17;/h7-8H,1-6H2;/q-1;. The van der Waals surface area contributed by atoms with E-state index in [1.165, 1.54) is 0 Å². The van der Waals surface area contributed by atoms with Crippen LogP contribution < -0.4 is 4.90 Å². The first-order valence-electron chi connectivity index (χ1n) is 5.93. The smallest absolute Gasteiger partial charge is 0.161 e. The van der Waals surface area contributed by atoms with Gasteiger partial charge in [-0.2, -0.15) is 0 Å². The molecule has 0 bridgehead atoms. The second-order valence-corrected chi connectivity index (χ2v) is 4.56. The molecule has 2 aromatic rings. The van der Waals surface area contributed by atoms with Gasteiger partial charge in [-0.1, -0.05) is 11.6 Å². The minimum absolute atomic E-state index is 0. The number of rotatable bonds is 2. The molecule has 1 radical (unpaired) electrons. The summed E-state index contributed by atoms with van der Waals surface area (Å²) >= 11 is 6.10. The largest absolute Gasteiger partial charge is 0.378 e. The van der Waals surface area contributed by atoms with E-state index in [4.69, 9.17) is 16.3 Å². The Kier molecular flexibility index (Phi) is 4.67. The molecule has 3 heterocycles. The molecule has 0 saturated carbocycles. The maximum atomic E-state index is 6.10. The number of imidazole rings is 1. The van der Waals surface area contributed by atoms with E-state index in [1.54, 1.807) is 6.33 Å². The zero-order valence-corrected chi connectivity index (χ0v) is 12.1. The molecule has 1 saturated heterocycles. The number of pyridine rings is 1. The van der Waals surface area contributed by atoms with Crippen molar-refractivity contribution >= 4 is 28.5 Å². The van der Waals surface area contributed by atoms with Crippen molar-refractivity contribution in [2.75, 3.05) is 31.2 Å². The molecule has 5 nitrogen and oxygen atoms in total. The van der Waals surface area contributed by atoms with Crippen LogP contribution in [0.4, 0.5) is 5.69 Å². The minimum Gasteiger partial charge on any atom is -0.378 e. The second kappa shape index (κ2) is 6.09. The number of nitrogens with zero attached hydrogens (tertiary/aromatic N) is 4. The number of morpholine rings is 1. The molecule has 1 fully saturated rings. The summed E-state index contributed by atoms with van der Waals surface area (Å²) in [6, 6.07) is 1.87. The molecular weight excluding hydrogens is 311 g/mol. The molecule has 0 aromatic carbocycles. The summed E-state index contributed by atoms with van der Waals surface area (Å²) in [6.07, 6.45) is 1.75. The summed E-state index contributed by atoms with van der Waals surface area (Å²) in [6.45, 7) is 7.62. The average molecular weight is 325 g/mol. The summed E-state index contributed by atoms with van der Waals surface area (Å²) in [5, 5.41) is 0.485. The third kappa shape index (κ3) is 2.71. The van der Waals surface area contributed by atoms with E-state index in [-0.39, 0.29) is 16.8 Å². The maximum Gasteiger partial charge on any atom is 0.161 e. The van der Waals surface area contributed by atoms with Crippen molar-refractivity contribution in [2.45, 2.75) is 6.54 Å². The Hall–Kier alpha value is -0.824. The van der Waals surface area contributed by atoms with Crippen LogP contribution >= 0.6 is 11.6 Å². The maximum absolute atomic E-state index is 6.10. The van der Waals surface area contributed by atoms with Gasteiger partial charge in [0, 0.05) is 35.9 Å². The van der Waals surface area contributed by atoms with Gasteiger partial charge in [0.15, 0.2) is 5.65 Å². The Morgan fingerprint density at radius 2 is 2.11 bits per heavy atom. The number of anilines is 1. The van der Waals surface area contributed by atoms with Gasteiger partial charge in [-0.3, -0.25) is 0 Å². The van der Waals surface area contributed by atoms with E-state index in [1.807, 2.05) is 10.6 Å². The summed E-state index contributed by atoms with van der Waals surface area (Å²) in [7, 11) is 0. The molecule has 0 atom stereocenters. The summed E-state index contributed by atoms with van der Waals surface area (Å²) in [5.74, 6) is 0. The molecule has 0 N–H and O–H groups in total. The van der Waals surface area contributed by atoms with Crippen molar-refractivity contribution in [3.8, 4) is 0 Å². The van der Waals surface area contributed by atoms with E-state index in [0.717, 1.165) is 43.2 Å². The topological polar surface area (TPSA) is 43.2 Å². The van der Waals surface area contributed by atoms with Crippen LogP contribution in [0, 0.1) is 6.92 Å². The number of ether oxygens (including phenoxy) is 1. The molecule has 1 aliphatic rings. The molecule has 1 aliphatic heterocycles. The first kappa shape index (κ1) is 14.6. The number of hydrogen-bond donors (Lipinski definition) is 0. The van der Waals surface area contributed by atoms with E-state index < -0.39 is 0 Å². The van der Waals surface area contributed by atoms with Crippen LogP contribution in [0.2, 0.25) is 5.15 Å². The first-order valence-corrected chi connectivity index (χ1v) is 6.30. The Labute approximate surface area is 127 Å². The molecule has 105 valence electrons. The number of hydrogen-bond acceptors (Lipinski definition) is 4. The average Bonchev–Trinajstić information content (AvgIpc) is 2.81. The van der Waals surface area contributed by atoms with Crippen molar-refractivity contribution in [3.63, 3.8) is 0 Å². The third-order valence-corrected chi connectivity index (χ3v) is 3.31. The Morgan fingerprint density at radius 1 is 1.37 bits per heavy atom. The fraction of sp³-hybridized carbons (Fsp3) is 0.417. The predicted molar refractivity (Wildman–Crippen MR) is 70.9 cm³/mol. The molecule has 19 heavy (non-hydrogen) atoms. The van der Waals surface area contributed by atoms with Gasteiger partial charge in [0.25, 0.3) is 0 Å². The van der Waals surface area contributed by atoms with Gasteiger partial charge in [-0.15, -0.1) is 6.54 Å². The zero-order valence-electron chi connectivity index (χ0n) is 10.3. The first-order chi connectivity index (χ1) is 8.79. The summed E-state index contributed by atoms with van der Waals surface area (Å²) in [5.41, 5.74) is 2.70.